The second-order valence-electron chi connectivity index (χ2n) is 8.43. The minimum absolute atomic E-state index is 0.555. The molecular formula is C32H23N3O. The molecule has 0 saturated carbocycles. The van der Waals surface area contributed by atoms with Crippen LogP contribution in [0.2, 0.25) is 0 Å². The average molecular weight is 466 g/mol. The number of aromatic amines is 1. The van der Waals surface area contributed by atoms with E-state index in [1.165, 1.54) is 11.1 Å². The van der Waals surface area contributed by atoms with Crippen LogP contribution in [0.5, 0.6) is 11.6 Å². The van der Waals surface area contributed by atoms with Crippen molar-refractivity contribution < 1.29 is 4.74 Å². The summed E-state index contributed by atoms with van der Waals surface area (Å²) in [4.78, 5) is 4.27. The molecule has 6 aromatic rings. The van der Waals surface area contributed by atoms with Crippen LogP contribution >= 0.6 is 0 Å². The first-order valence-electron chi connectivity index (χ1n) is 11.8. The molecular weight excluding hydrogens is 442 g/mol. The third-order valence-electron chi connectivity index (χ3n) is 6.08. The topological polar surface area (TPSA) is 50.8 Å². The number of ether oxygens (including phenoxy) is 1. The Kier molecular flexibility index (Phi) is 5.83. The lowest BCUT2D eigenvalue weighted by Crippen LogP contribution is -1.89. The van der Waals surface area contributed by atoms with Crippen molar-refractivity contribution in [3.63, 3.8) is 0 Å². The summed E-state index contributed by atoms with van der Waals surface area (Å²) < 4.78 is 5.98. The van der Waals surface area contributed by atoms with Crippen LogP contribution in [0.15, 0.2) is 134 Å². The molecule has 0 aliphatic heterocycles. The van der Waals surface area contributed by atoms with Crippen molar-refractivity contribution in [3.8, 4) is 56.4 Å². The maximum Gasteiger partial charge on any atom is 0.219 e. The number of pyridine rings is 1. The summed E-state index contributed by atoms with van der Waals surface area (Å²) in [7, 11) is 0. The number of aromatic nitrogens is 3. The normalized spacial score (nSPS) is 10.8. The van der Waals surface area contributed by atoms with E-state index in [0.29, 0.717) is 11.6 Å². The van der Waals surface area contributed by atoms with Gasteiger partial charge < -0.3 is 4.74 Å². The van der Waals surface area contributed by atoms with Gasteiger partial charge in [-0.1, -0.05) is 103 Å². The summed E-state index contributed by atoms with van der Waals surface area (Å²) in [5.41, 5.74) is 8.42. The Morgan fingerprint density at radius 3 is 1.89 bits per heavy atom. The number of hydrogen-bond acceptors (Lipinski definition) is 3. The molecule has 36 heavy (non-hydrogen) atoms. The van der Waals surface area contributed by atoms with Crippen LogP contribution in [-0.2, 0) is 0 Å². The quantitative estimate of drug-likeness (QED) is 0.269. The first-order valence-corrected chi connectivity index (χ1v) is 11.8. The van der Waals surface area contributed by atoms with Gasteiger partial charge in [0.05, 0.1) is 5.69 Å². The third-order valence-corrected chi connectivity index (χ3v) is 6.08. The summed E-state index contributed by atoms with van der Waals surface area (Å²) in [6.45, 7) is 0. The fraction of sp³-hybridized carbons (Fsp3) is 0. The summed E-state index contributed by atoms with van der Waals surface area (Å²) in [5.74, 6) is 1.26. The van der Waals surface area contributed by atoms with Gasteiger partial charge in [0.15, 0.2) is 0 Å². The van der Waals surface area contributed by atoms with E-state index in [1.54, 1.807) is 6.20 Å². The fourth-order valence-corrected chi connectivity index (χ4v) is 4.34. The van der Waals surface area contributed by atoms with Gasteiger partial charge in [-0.2, -0.15) is 5.10 Å². The Labute approximate surface area is 209 Å². The maximum atomic E-state index is 5.98. The number of rotatable bonds is 6. The van der Waals surface area contributed by atoms with Crippen LogP contribution in [0.25, 0.3) is 44.8 Å². The molecule has 0 fully saturated rings. The molecule has 2 heterocycles. The molecule has 172 valence electrons. The molecule has 0 bridgehead atoms. The second-order valence-corrected chi connectivity index (χ2v) is 8.43. The predicted molar refractivity (Wildman–Crippen MR) is 145 cm³/mol. The Balaban J connectivity index is 1.42. The van der Waals surface area contributed by atoms with E-state index < -0.39 is 0 Å². The molecule has 2 aromatic heterocycles. The summed E-state index contributed by atoms with van der Waals surface area (Å²) >= 11 is 0. The van der Waals surface area contributed by atoms with Crippen LogP contribution < -0.4 is 4.74 Å². The number of H-pyrrole nitrogens is 1. The van der Waals surface area contributed by atoms with Gasteiger partial charge in [0, 0.05) is 29.0 Å². The Morgan fingerprint density at radius 2 is 1.17 bits per heavy atom. The van der Waals surface area contributed by atoms with E-state index in [2.05, 4.69) is 88.9 Å². The van der Waals surface area contributed by atoms with Crippen LogP contribution in [-0.4, -0.2) is 15.2 Å². The lowest BCUT2D eigenvalue weighted by Gasteiger charge is -2.09. The predicted octanol–water partition coefficient (Wildman–Crippen LogP) is 8.27. The van der Waals surface area contributed by atoms with Crippen LogP contribution in [0.4, 0.5) is 0 Å². The highest BCUT2D eigenvalue weighted by Crippen LogP contribution is 2.39. The third kappa shape index (κ3) is 4.40. The molecule has 4 heteroatoms. The first kappa shape index (κ1) is 21.6. The molecule has 6 rings (SSSR count). The van der Waals surface area contributed by atoms with Gasteiger partial charge in [-0.25, -0.2) is 4.98 Å². The van der Waals surface area contributed by atoms with Crippen LogP contribution in [0.3, 0.4) is 0 Å². The van der Waals surface area contributed by atoms with Crippen molar-refractivity contribution in [1.82, 2.24) is 15.2 Å². The molecule has 0 radical (unpaired) electrons. The number of benzene rings is 4. The molecule has 0 atom stereocenters. The molecule has 4 aromatic carbocycles. The SMILES string of the molecule is c1ccc(-c2ccc(-c3[nH]nc(-c4cccc(Oc5ccccn5)c4)c3-c3ccccc3)cc2)cc1. The summed E-state index contributed by atoms with van der Waals surface area (Å²) in [5, 5.41) is 8.08. The lowest BCUT2D eigenvalue weighted by molar-refractivity contribution is 0.463. The Bertz CT molecular complexity index is 1580. The zero-order valence-electron chi connectivity index (χ0n) is 19.5. The van der Waals surface area contributed by atoms with Crippen molar-refractivity contribution in [2.45, 2.75) is 0 Å². The van der Waals surface area contributed by atoms with Crippen molar-refractivity contribution in [3.05, 3.63) is 134 Å². The van der Waals surface area contributed by atoms with Crippen molar-refractivity contribution in [2.24, 2.45) is 0 Å². The molecule has 0 saturated heterocycles. The van der Waals surface area contributed by atoms with Crippen molar-refractivity contribution in [2.75, 3.05) is 0 Å². The lowest BCUT2D eigenvalue weighted by atomic mass is 9.95. The fourth-order valence-electron chi connectivity index (χ4n) is 4.34. The zero-order chi connectivity index (χ0) is 24.2. The largest absolute Gasteiger partial charge is 0.439 e. The van der Waals surface area contributed by atoms with Gasteiger partial charge in [-0.05, 0) is 34.9 Å². The van der Waals surface area contributed by atoms with Gasteiger partial charge in [0.2, 0.25) is 5.88 Å². The highest BCUT2D eigenvalue weighted by Gasteiger charge is 2.18. The average Bonchev–Trinajstić information content (AvgIpc) is 3.40. The van der Waals surface area contributed by atoms with E-state index >= 15 is 0 Å². The highest BCUT2D eigenvalue weighted by molar-refractivity contribution is 5.91. The summed E-state index contributed by atoms with van der Waals surface area (Å²) in [6.07, 6.45) is 1.72. The second kappa shape index (κ2) is 9.72. The zero-order valence-corrected chi connectivity index (χ0v) is 19.5. The van der Waals surface area contributed by atoms with Gasteiger partial charge in [0.25, 0.3) is 0 Å². The van der Waals surface area contributed by atoms with Crippen LogP contribution in [0, 0.1) is 0 Å². The van der Waals surface area contributed by atoms with Gasteiger partial charge in [0.1, 0.15) is 11.4 Å². The molecule has 0 aliphatic rings. The maximum absolute atomic E-state index is 5.98. The first-order chi connectivity index (χ1) is 17.8. The summed E-state index contributed by atoms with van der Waals surface area (Å²) in [6, 6.07) is 42.9. The molecule has 1 N–H and O–H groups in total. The Hall–Kier alpha value is -4.96. The number of nitrogens with one attached hydrogen (secondary N) is 1. The molecule has 0 aliphatic carbocycles. The Morgan fingerprint density at radius 1 is 0.528 bits per heavy atom. The van der Waals surface area contributed by atoms with Gasteiger partial charge in [-0.3, -0.25) is 5.10 Å². The van der Waals surface area contributed by atoms with Gasteiger partial charge in [-0.15, -0.1) is 0 Å². The minimum Gasteiger partial charge on any atom is -0.439 e. The number of nitrogens with zero attached hydrogens (tertiary/aromatic N) is 2. The molecule has 0 unspecified atom stereocenters. The highest BCUT2D eigenvalue weighted by atomic mass is 16.5. The van der Waals surface area contributed by atoms with E-state index in [9.17, 15) is 0 Å². The van der Waals surface area contributed by atoms with Crippen molar-refractivity contribution in [1.29, 1.82) is 0 Å². The smallest absolute Gasteiger partial charge is 0.219 e. The monoisotopic (exact) mass is 465 g/mol. The van der Waals surface area contributed by atoms with Crippen molar-refractivity contribution >= 4 is 0 Å². The van der Waals surface area contributed by atoms with E-state index in [0.717, 1.165) is 33.6 Å². The molecule has 0 amide bonds. The van der Waals surface area contributed by atoms with E-state index in [1.807, 2.05) is 48.5 Å². The van der Waals surface area contributed by atoms with E-state index in [-0.39, 0.29) is 0 Å². The molecule has 4 nitrogen and oxygen atoms in total. The van der Waals surface area contributed by atoms with Crippen LogP contribution in [0.1, 0.15) is 0 Å². The number of hydrogen-bond donors (Lipinski definition) is 1. The van der Waals surface area contributed by atoms with E-state index in [4.69, 9.17) is 9.84 Å². The van der Waals surface area contributed by atoms with Gasteiger partial charge >= 0.3 is 0 Å². The minimum atomic E-state index is 0.555. The standard InChI is InChI=1S/C32H23N3O/c1-3-10-23(11-4-1)24-17-19-26(20-18-24)31-30(25-12-5-2-6-13-25)32(35-34-31)27-14-9-15-28(22-27)36-29-16-7-8-21-33-29/h1-22H,(H,34,35). The molecule has 0 spiro atoms.